The minimum atomic E-state index is -0.728. The molecule has 0 saturated heterocycles. The van der Waals surface area contributed by atoms with Crippen molar-refractivity contribution in [1.29, 1.82) is 0 Å². The molecule has 1 fully saturated rings. The van der Waals surface area contributed by atoms with Crippen LogP contribution in [0.2, 0.25) is 0 Å². The molecular weight excluding hydrogens is 396 g/mol. The van der Waals surface area contributed by atoms with Crippen molar-refractivity contribution in [3.63, 3.8) is 0 Å². The van der Waals surface area contributed by atoms with Gasteiger partial charge >= 0.3 is 0 Å². The Balaban J connectivity index is 1.57. The van der Waals surface area contributed by atoms with Crippen molar-refractivity contribution < 1.29 is 9.53 Å². The molecule has 1 aliphatic rings. The van der Waals surface area contributed by atoms with E-state index in [9.17, 15) is 4.79 Å². The van der Waals surface area contributed by atoms with Gasteiger partial charge in [-0.3, -0.25) is 4.79 Å². The minimum Gasteiger partial charge on any atom is -0.496 e. The second kappa shape index (κ2) is 9.58. The molecule has 0 unspecified atom stereocenters. The third kappa shape index (κ3) is 4.28. The number of ether oxygens (including phenoxy) is 1. The Hall–Kier alpha value is -3.11. The van der Waals surface area contributed by atoms with Crippen LogP contribution in [-0.2, 0) is 10.2 Å². The van der Waals surface area contributed by atoms with E-state index in [0.29, 0.717) is 18.4 Å². The van der Waals surface area contributed by atoms with Crippen molar-refractivity contribution in [2.45, 2.75) is 30.2 Å². The highest BCUT2D eigenvalue weighted by Gasteiger charge is 2.44. The average Bonchev–Trinajstić information content (AvgIpc) is 3.62. The summed E-state index contributed by atoms with van der Waals surface area (Å²) in [5, 5.41) is 3.72. The van der Waals surface area contributed by atoms with E-state index in [0.717, 1.165) is 29.8 Å². The van der Waals surface area contributed by atoms with E-state index >= 15 is 0 Å². The van der Waals surface area contributed by atoms with E-state index in [4.69, 9.17) is 4.74 Å². The second-order valence-electron chi connectivity index (χ2n) is 8.73. The summed E-state index contributed by atoms with van der Waals surface area (Å²) in [4.78, 5) is 15.4. The summed E-state index contributed by atoms with van der Waals surface area (Å²) in [5.74, 6) is 1.51. The van der Waals surface area contributed by atoms with Crippen LogP contribution in [0.3, 0.4) is 0 Å². The van der Waals surface area contributed by atoms with Crippen LogP contribution in [0, 0.1) is 0 Å². The molecule has 0 aromatic heterocycles. The largest absolute Gasteiger partial charge is 0.496 e. The summed E-state index contributed by atoms with van der Waals surface area (Å²) < 4.78 is 5.55. The topological polar surface area (TPSA) is 41.6 Å². The highest BCUT2D eigenvalue weighted by atomic mass is 16.5. The number of para-hydroxylation sites is 1. The van der Waals surface area contributed by atoms with Crippen LogP contribution in [0.15, 0.2) is 84.9 Å². The number of amides is 1. The molecule has 4 rings (SSSR count). The third-order valence-corrected chi connectivity index (χ3v) is 6.54. The molecule has 2 atom stereocenters. The van der Waals surface area contributed by atoms with Crippen LogP contribution in [0.5, 0.6) is 5.75 Å². The van der Waals surface area contributed by atoms with E-state index in [2.05, 4.69) is 41.7 Å². The van der Waals surface area contributed by atoms with Crippen LogP contribution in [-0.4, -0.2) is 44.6 Å². The highest BCUT2D eigenvalue weighted by molar-refractivity contribution is 5.91. The summed E-state index contributed by atoms with van der Waals surface area (Å²) in [6, 6.07) is 29.0. The zero-order valence-corrected chi connectivity index (χ0v) is 19.1. The van der Waals surface area contributed by atoms with Crippen LogP contribution in [0.4, 0.5) is 0 Å². The van der Waals surface area contributed by atoms with Gasteiger partial charge in [-0.15, -0.1) is 0 Å². The predicted octanol–water partition coefficient (Wildman–Crippen LogP) is 4.61. The summed E-state index contributed by atoms with van der Waals surface area (Å²) in [6.07, 6.45) is 1.78. The molecule has 4 nitrogen and oxygen atoms in total. The first-order chi connectivity index (χ1) is 15.6. The van der Waals surface area contributed by atoms with Gasteiger partial charge in [0, 0.05) is 26.1 Å². The summed E-state index contributed by atoms with van der Waals surface area (Å²) >= 11 is 0. The minimum absolute atomic E-state index is 0.105. The maximum absolute atomic E-state index is 13.7. The van der Waals surface area contributed by atoms with Gasteiger partial charge in [0.05, 0.1) is 7.11 Å². The monoisotopic (exact) mass is 428 g/mol. The molecule has 1 N–H and O–H groups in total. The molecule has 166 valence electrons. The Morgan fingerprint density at radius 2 is 1.50 bits per heavy atom. The molecule has 1 aliphatic carbocycles. The number of hydrogen-bond acceptors (Lipinski definition) is 3. The molecule has 4 heteroatoms. The van der Waals surface area contributed by atoms with E-state index in [1.165, 1.54) is 5.56 Å². The van der Waals surface area contributed by atoms with Gasteiger partial charge in [-0.05, 0) is 42.1 Å². The molecule has 3 aromatic rings. The Kier molecular flexibility index (Phi) is 6.61. The van der Waals surface area contributed by atoms with E-state index in [-0.39, 0.29) is 5.91 Å². The molecule has 0 bridgehead atoms. The van der Waals surface area contributed by atoms with Crippen LogP contribution in [0.25, 0.3) is 0 Å². The summed E-state index contributed by atoms with van der Waals surface area (Å²) in [5.41, 5.74) is 2.59. The Morgan fingerprint density at radius 1 is 0.938 bits per heavy atom. The molecule has 32 heavy (non-hydrogen) atoms. The first kappa shape index (κ1) is 22.1. The Labute approximate surface area is 191 Å². The van der Waals surface area contributed by atoms with E-state index in [1.807, 2.05) is 62.6 Å². The SMILES string of the molecule is COc1ccccc1[C@@H]1C[C@H]1NCCC(C(=O)N(C)C)(c1ccccc1)c1ccccc1. The highest BCUT2D eigenvalue weighted by Crippen LogP contribution is 2.45. The Bertz CT molecular complexity index is 994. The number of methoxy groups -OCH3 is 1. The van der Waals surface area contributed by atoms with Gasteiger partial charge in [0.2, 0.25) is 5.91 Å². The van der Waals surface area contributed by atoms with Crippen LogP contribution in [0.1, 0.15) is 35.4 Å². The standard InChI is InChI=1S/C28H32N2O2/c1-30(2)27(31)28(21-12-6-4-7-13-21,22-14-8-5-9-15-22)18-19-29-25-20-24(25)23-16-10-11-17-26(23)32-3/h4-17,24-25,29H,18-20H2,1-3H3/t24-,25+/m0/s1. The fourth-order valence-electron chi connectivity index (χ4n) is 4.82. The summed E-state index contributed by atoms with van der Waals surface area (Å²) in [7, 11) is 5.41. The molecular formula is C28H32N2O2. The van der Waals surface area contributed by atoms with E-state index < -0.39 is 5.41 Å². The van der Waals surface area contributed by atoms with Gasteiger partial charge in [0.15, 0.2) is 0 Å². The second-order valence-corrected chi connectivity index (χ2v) is 8.73. The lowest BCUT2D eigenvalue weighted by molar-refractivity contribution is -0.133. The Morgan fingerprint density at radius 3 is 2.06 bits per heavy atom. The van der Waals surface area contributed by atoms with E-state index in [1.54, 1.807) is 12.0 Å². The number of rotatable bonds is 9. The molecule has 0 radical (unpaired) electrons. The van der Waals surface area contributed by atoms with Crippen molar-refractivity contribution in [1.82, 2.24) is 10.2 Å². The van der Waals surface area contributed by atoms with Crippen LogP contribution < -0.4 is 10.1 Å². The fraction of sp³-hybridized carbons (Fsp3) is 0.321. The number of carbonyl (C=O) groups is 1. The molecule has 1 amide bonds. The maximum atomic E-state index is 13.7. The molecule has 0 aliphatic heterocycles. The first-order valence-electron chi connectivity index (χ1n) is 11.3. The van der Waals surface area contributed by atoms with Gasteiger partial charge in [0.1, 0.15) is 11.2 Å². The van der Waals surface area contributed by atoms with Gasteiger partial charge in [-0.25, -0.2) is 0 Å². The zero-order chi connectivity index (χ0) is 22.6. The van der Waals surface area contributed by atoms with Gasteiger partial charge in [0.25, 0.3) is 0 Å². The smallest absolute Gasteiger partial charge is 0.237 e. The number of benzene rings is 3. The number of nitrogens with one attached hydrogen (secondary N) is 1. The number of nitrogens with zero attached hydrogens (tertiary/aromatic N) is 1. The predicted molar refractivity (Wildman–Crippen MR) is 129 cm³/mol. The zero-order valence-electron chi connectivity index (χ0n) is 19.1. The maximum Gasteiger partial charge on any atom is 0.237 e. The number of likely N-dealkylation sites (N-methyl/N-ethyl adjacent to an activating group) is 1. The lowest BCUT2D eigenvalue weighted by atomic mass is 9.71. The van der Waals surface area contributed by atoms with Gasteiger partial charge < -0.3 is 15.0 Å². The number of hydrogen-bond donors (Lipinski definition) is 1. The van der Waals surface area contributed by atoms with Gasteiger partial charge in [-0.1, -0.05) is 78.9 Å². The molecule has 3 aromatic carbocycles. The lowest BCUT2D eigenvalue weighted by Gasteiger charge is -2.36. The van der Waals surface area contributed by atoms with Crippen molar-refractivity contribution in [3.8, 4) is 5.75 Å². The van der Waals surface area contributed by atoms with Gasteiger partial charge in [-0.2, -0.15) is 0 Å². The first-order valence-corrected chi connectivity index (χ1v) is 11.3. The third-order valence-electron chi connectivity index (χ3n) is 6.54. The van der Waals surface area contributed by atoms with Crippen molar-refractivity contribution in [2.24, 2.45) is 0 Å². The molecule has 0 heterocycles. The normalized spacial score (nSPS) is 17.6. The quantitative estimate of drug-likeness (QED) is 0.541. The van der Waals surface area contributed by atoms with Crippen molar-refractivity contribution >= 4 is 5.91 Å². The average molecular weight is 429 g/mol. The lowest BCUT2D eigenvalue weighted by Crippen LogP contribution is -2.46. The van der Waals surface area contributed by atoms with Crippen molar-refractivity contribution in [3.05, 3.63) is 102 Å². The fourth-order valence-corrected chi connectivity index (χ4v) is 4.82. The number of carbonyl (C=O) groups excluding carboxylic acids is 1. The summed E-state index contributed by atoms with van der Waals surface area (Å²) in [6.45, 7) is 0.750. The van der Waals surface area contributed by atoms with Crippen LogP contribution >= 0.6 is 0 Å². The molecule has 0 spiro atoms. The molecule has 1 saturated carbocycles. The van der Waals surface area contributed by atoms with Crippen molar-refractivity contribution in [2.75, 3.05) is 27.7 Å².